The Bertz CT molecular complexity index is 1390. The van der Waals surface area contributed by atoms with Crippen molar-refractivity contribution in [3.05, 3.63) is 70.5 Å². The molecule has 9 nitrogen and oxygen atoms in total. The van der Waals surface area contributed by atoms with E-state index in [4.69, 9.17) is 31.4 Å². The van der Waals surface area contributed by atoms with Crippen LogP contribution in [0.25, 0.3) is 11.1 Å². The zero-order chi connectivity index (χ0) is 26.2. The van der Waals surface area contributed by atoms with E-state index in [0.29, 0.717) is 22.6 Å². The molecular formula is C26H21ClN4O5. The highest BCUT2D eigenvalue weighted by Crippen LogP contribution is 2.37. The molecule has 0 aliphatic rings. The second-order valence-electron chi connectivity index (χ2n) is 7.55. The molecule has 0 aliphatic heterocycles. The summed E-state index contributed by atoms with van der Waals surface area (Å²) in [6.45, 7) is 0.0441. The second kappa shape index (κ2) is 11.7. The third-order valence-corrected chi connectivity index (χ3v) is 5.59. The van der Waals surface area contributed by atoms with Gasteiger partial charge in [0, 0.05) is 36.9 Å². The van der Waals surface area contributed by atoms with Crippen molar-refractivity contribution in [3.8, 4) is 34.8 Å². The van der Waals surface area contributed by atoms with Crippen LogP contribution < -0.4 is 14.4 Å². The van der Waals surface area contributed by atoms with Gasteiger partial charge in [-0.1, -0.05) is 23.7 Å². The number of nitrogens with zero attached hydrogens (tertiary/aromatic N) is 4. The van der Waals surface area contributed by atoms with E-state index in [1.807, 2.05) is 12.1 Å². The number of anilines is 1. The molecule has 3 aromatic rings. The summed E-state index contributed by atoms with van der Waals surface area (Å²) in [5, 5.41) is 27.8. The number of ether oxygens (including phenoxy) is 2. The Labute approximate surface area is 212 Å². The first kappa shape index (κ1) is 26.0. The molecule has 1 aromatic heterocycles. The molecule has 0 aliphatic carbocycles. The standard InChI is InChI=1S/C26H21ClN4O5/c1-31(22-6-3-4-7-23(22)35-2)26(34)19-11-18(20-15-30-17(14-29)10-16(20)13-28)21(27)12-24(19)36-9-5-8-25(32)33/h3-4,6-7,10-12,15H,5,8-9H2,1-2H3,(H,32,33). The van der Waals surface area contributed by atoms with Crippen LogP contribution in [0.2, 0.25) is 5.02 Å². The Morgan fingerprint density at radius 1 is 1.11 bits per heavy atom. The Morgan fingerprint density at radius 2 is 1.86 bits per heavy atom. The highest BCUT2D eigenvalue weighted by atomic mass is 35.5. The van der Waals surface area contributed by atoms with Crippen molar-refractivity contribution in [2.75, 3.05) is 25.7 Å². The average molecular weight is 505 g/mol. The van der Waals surface area contributed by atoms with Crippen LogP contribution in [0.5, 0.6) is 11.5 Å². The molecular weight excluding hydrogens is 484 g/mol. The third-order valence-electron chi connectivity index (χ3n) is 5.27. The maximum Gasteiger partial charge on any atom is 0.303 e. The molecule has 1 N–H and O–H groups in total. The van der Waals surface area contributed by atoms with Crippen molar-refractivity contribution in [2.45, 2.75) is 12.8 Å². The van der Waals surface area contributed by atoms with Gasteiger partial charge in [-0.2, -0.15) is 10.5 Å². The number of carboxylic acids is 1. The predicted octanol–water partition coefficient (Wildman–Crippen LogP) is 4.67. The van der Waals surface area contributed by atoms with Gasteiger partial charge in [0.05, 0.1) is 41.6 Å². The number of amides is 1. The van der Waals surface area contributed by atoms with Gasteiger partial charge in [-0.3, -0.25) is 9.59 Å². The normalized spacial score (nSPS) is 10.1. The van der Waals surface area contributed by atoms with Gasteiger partial charge in [-0.05, 0) is 30.7 Å². The van der Waals surface area contributed by atoms with Gasteiger partial charge in [-0.25, -0.2) is 4.98 Å². The lowest BCUT2D eigenvalue weighted by atomic mass is 9.98. The first-order chi connectivity index (χ1) is 17.3. The minimum atomic E-state index is -0.962. The van der Waals surface area contributed by atoms with Crippen LogP contribution in [0.1, 0.15) is 34.5 Å². The Balaban J connectivity index is 2.11. The molecule has 2 aromatic carbocycles. The minimum Gasteiger partial charge on any atom is -0.495 e. The highest BCUT2D eigenvalue weighted by molar-refractivity contribution is 6.34. The largest absolute Gasteiger partial charge is 0.495 e. The average Bonchev–Trinajstić information content (AvgIpc) is 2.89. The fourth-order valence-corrected chi connectivity index (χ4v) is 3.73. The number of aliphatic carboxylic acids is 1. The summed E-state index contributed by atoms with van der Waals surface area (Å²) >= 11 is 6.53. The number of carbonyl (C=O) groups excluding carboxylic acids is 1. The second-order valence-corrected chi connectivity index (χ2v) is 7.96. The van der Waals surface area contributed by atoms with E-state index in [0.717, 1.165) is 0 Å². The number of para-hydroxylation sites is 2. The molecule has 1 heterocycles. The maximum atomic E-state index is 13.7. The van der Waals surface area contributed by atoms with E-state index in [2.05, 4.69) is 4.98 Å². The molecule has 10 heteroatoms. The van der Waals surface area contributed by atoms with Crippen LogP contribution >= 0.6 is 11.6 Å². The molecule has 0 spiro atoms. The van der Waals surface area contributed by atoms with Crippen LogP contribution in [0, 0.1) is 22.7 Å². The number of nitriles is 2. The fraction of sp³-hybridized carbons (Fsp3) is 0.192. The van der Waals surface area contributed by atoms with Gasteiger partial charge in [0.1, 0.15) is 23.3 Å². The van der Waals surface area contributed by atoms with Crippen LogP contribution in [-0.2, 0) is 4.79 Å². The summed E-state index contributed by atoms with van der Waals surface area (Å²) < 4.78 is 11.1. The number of aromatic nitrogens is 1. The topological polar surface area (TPSA) is 137 Å². The van der Waals surface area contributed by atoms with Crippen molar-refractivity contribution in [1.29, 1.82) is 10.5 Å². The first-order valence-electron chi connectivity index (χ1n) is 10.7. The zero-order valence-electron chi connectivity index (χ0n) is 19.5. The molecule has 36 heavy (non-hydrogen) atoms. The van der Waals surface area contributed by atoms with Crippen LogP contribution in [0.15, 0.2) is 48.7 Å². The molecule has 0 saturated heterocycles. The number of hydrogen-bond acceptors (Lipinski definition) is 7. The third kappa shape index (κ3) is 5.72. The number of rotatable bonds is 9. The SMILES string of the molecule is COc1ccccc1N(C)C(=O)c1cc(-c2cnc(C#N)cc2C#N)c(Cl)cc1OCCCC(=O)O. The number of carboxylic acid groups (broad SMARTS) is 1. The van der Waals surface area contributed by atoms with Gasteiger partial charge in [0.15, 0.2) is 0 Å². The lowest BCUT2D eigenvalue weighted by Gasteiger charge is -2.22. The van der Waals surface area contributed by atoms with E-state index in [9.17, 15) is 14.9 Å². The summed E-state index contributed by atoms with van der Waals surface area (Å²) in [4.78, 5) is 29.9. The Morgan fingerprint density at radius 3 is 2.53 bits per heavy atom. The predicted molar refractivity (Wildman–Crippen MR) is 132 cm³/mol. The number of benzene rings is 2. The number of methoxy groups -OCH3 is 1. The quantitative estimate of drug-likeness (QED) is 0.415. The van der Waals surface area contributed by atoms with Crippen molar-refractivity contribution < 1.29 is 24.2 Å². The van der Waals surface area contributed by atoms with E-state index < -0.39 is 11.9 Å². The van der Waals surface area contributed by atoms with Gasteiger partial charge in [-0.15, -0.1) is 0 Å². The molecule has 0 saturated carbocycles. The summed E-state index contributed by atoms with van der Waals surface area (Å²) in [5.41, 5.74) is 1.56. The van der Waals surface area contributed by atoms with Crippen molar-refractivity contribution in [2.24, 2.45) is 0 Å². The molecule has 0 atom stereocenters. The molecule has 182 valence electrons. The fourth-order valence-electron chi connectivity index (χ4n) is 3.47. The first-order valence-corrected chi connectivity index (χ1v) is 11.1. The molecule has 0 radical (unpaired) electrons. The van der Waals surface area contributed by atoms with E-state index >= 15 is 0 Å². The summed E-state index contributed by atoms with van der Waals surface area (Å²) in [6.07, 6.45) is 1.48. The maximum absolute atomic E-state index is 13.7. The van der Waals surface area contributed by atoms with Crippen LogP contribution in [0.4, 0.5) is 5.69 Å². The monoisotopic (exact) mass is 504 g/mol. The molecule has 1 amide bonds. The van der Waals surface area contributed by atoms with Crippen LogP contribution in [0.3, 0.4) is 0 Å². The van der Waals surface area contributed by atoms with Crippen molar-refractivity contribution in [1.82, 2.24) is 4.98 Å². The van der Waals surface area contributed by atoms with Gasteiger partial charge >= 0.3 is 5.97 Å². The lowest BCUT2D eigenvalue weighted by molar-refractivity contribution is -0.137. The van der Waals surface area contributed by atoms with Gasteiger partial charge in [0.25, 0.3) is 5.91 Å². The molecule has 0 bridgehead atoms. The highest BCUT2D eigenvalue weighted by Gasteiger charge is 2.24. The number of carbonyl (C=O) groups is 2. The number of hydrogen-bond donors (Lipinski definition) is 1. The molecule has 3 rings (SSSR count). The van der Waals surface area contributed by atoms with E-state index in [-0.39, 0.29) is 47.0 Å². The van der Waals surface area contributed by atoms with Gasteiger partial charge < -0.3 is 19.5 Å². The van der Waals surface area contributed by atoms with Crippen molar-refractivity contribution >= 4 is 29.2 Å². The minimum absolute atomic E-state index is 0.0441. The Kier molecular flexibility index (Phi) is 8.45. The molecule has 0 fully saturated rings. The molecule has 0 unspecified atom stereocenters. The zero-order valence-corrected chi connectivity index (χ0v) is 20.2. The van der Waals surface area contributed by atoms with E-state index in [1.54, 1.807) is 31.3 Å². The lowest BCUT2D eigenvalue weighted by Crippen LogP contribution is -2.27. The number of pyridine rings is 1. The smallest absolute Gasteiger partial charge is 0.303 e. The number of halogens is 1. The van der Waals surface area contributed by atoms with Crippen LogP contribution in [-0.4, -0.2) is 42.7 Å². The van der Waals surface area contributed by atoms with E-state index in [1.165, 1.54) is 36.4 Å². The summed E-state index contributed by atoms with van der Waals surface area (Å²) in [7, 11) is 3.07. The Hall–Kier alpha value is -4.60. The van der Waals surface area contributed by atoms with Crippen molar-refractivity contribution in [3.63, 3.8) is 0 Å². The summed E-state index contributed by atoms with van der Waals surface area (Å²) in [6, 6.07) is 15.2. The summed E-state index contributed by atoms with van der Waals surface area (Å²) in [5.74, 6) is -0.780. The van der Waals surface area contributed by atoms with Gasteiger partial charge in [0.2, 0.25) is 0 Å².